The molecule has 0 spiro atoms. The molecule has 2 heterocycles. The summed E-state index contributed by atoms with van der Waals surface area (Å²) in [6.07, 6.45) is 2.17. The highest BCUT2D eigenvalue weighted by Gasteiger charge is 2.26. The van der Waals surface area contributed by atoms with Gasteiger partial charge in [-0.05, 0) is 12.8 Å². The summed E-state index contributed by atoms with van der Waals surface area (Å²) in [6, 6.07) is -0.228. The van der Waals surface area contributed by atoms with Crippen LogP contribution in [-0.4, -0.2) is 41.0 Å². The molecule has 0 radical (unpaired) electrons. The van der Waals surface area contributed by atoms with E-state index in [0.717, 1.165) is 25.1 Å². The average Bonchev–Trinajstić information content (AvgIpc) is 3.07. The van der Waals surface area contributed by atoms with Gasteiger partial charge in [0.05, 0.1) is 5.69 Å². The number of urea groups is 1. The number of amides is 3. The molecule has 1 aliphatic heterocycles. The van der Waals surface area contributed by atoms with Crippen molar-refractivity contribution in [3.05, 3.63) is 11.1 Å². The number of nitrogens with zero attached hydrogens (tertiary/aromatic N) is 2. The number of aryl methyl sites for hydroxylation is 1. The standard InChI is InChI=1S/C13H20N4O2S/c1-3-9-8-20-13(15-9)16-12(19)14-10-5-6-17(7-10)11(18)4-2/h8,10H,3-7H2,1-2H3,(H2,14,15,16,19)/t10-/m1/s1. The normalized spacial score (nSPS) is 18.1. The van der Waals surface area contributed by atoms with Crippen LogP contribution in [-0.2, 0) is 11.2 Å². The fraction of sp³-hybridized carbons (Fsp3) is 0.615. The number of thiazole rings is 1. The van der Waals surface area contributed by atoms with Crippen LogP contribution in [0.2, 0.25) is 0 Å². The highest BCUT2D eigenvalue weighted by molar-refractivity contribution is 7.13. The second kappa shape index (κ2) is 6.69. The third-order valence-corrected chi connectivity index (χ3v) is 4.12. The summed E-state index contributed by atoms with van der Waals surface area (Å²) in [5.74, 6) is 0.141. The molecule has 0 aliphatic carbocycles. The molecule has 1 aliphatic rings. The van der Waals surface area contributed by atoms with E-state index >= 15 is 0 Å². The maximum Gasteiger partial charge on any atom is 0.321 e. The zero-order valence-corrected chi connectivity index (χ0v) is 12.6. The van der Waals surface area contributed by atoms with E-state index in [1.165, 1.54) is 11.3 Å². The van der Waals surface area contributed by atoms with Crippen molar-refractivity contribution in [1.29, 1.82) is 0 Å². The summed E-state index contributed by atoms with van der Waals surface area (Å²) >= 11 is 1.42. The van der Waals surface area contributed by atoms with E-state index in [9.17, 15) is 9.59 Å². The monoisotopic (exact) mass is 296 g/mol. The van der Waals surface area contributed by atoms with Crippen LogP contribution >= 0.6 is 11.3 Å². The highest BCUT2D eigenvalue weighted by Crippen LogP contribution is 2.16. The maximum atomic E-state index is 11.9. The van der Waals surface area contributed by atoms with Crippen LogP contribution in [0.4, 0.5) is 9.93 Å². The van der Waals surface area contributed by atoms with E-state index in [2.05, 4.69) is 15.6 Å². The molecule has 3 amide bonds. The minimum Gasteiger partial charge on any atom is -0.341 e. The Bertz CT molecular complexity index is 488. The van der Waals surface area contributed by atoms with Gasteiger partial charge in [0.2, 0.25) is 5.91 Å². The molecule has 20 heavy (non-hydrogen) atoms. The van der Waals surface area contributed by atoms with Gasteiger partial charge in [-0.15, -0.1) is 11.3 Å². The molecule has 6 nitrogen and oxygen atoms in total. The number of carbonyl (C=O) groups is 2. The fourth-order valence-corrected chi connectivity index (χ4v) is 2.96. The van der Waals surface area contributed by atoms with Gasteiger partial charge in [-0.1, -0.05) is 13.8 Å². The Kier molecular flexibility index (Phi) is 4.94. The quantitative estimate of drug-likeness (QED) is 0.890. The molecule has 110 valence electrons. The molecular formula is C13H20N4O2S. The molecule has 1 aromatic rings. The highest BCUT2D eigenvalue weighted by atomic mass is 32.1. The van der Waals surface area contributed by atoms with Crippen molar-refractivity contribution in [3.63, 3.8) is 0 Å². The first-order valence-electron chi connectivity index (χ1n) is 6.92. The van der Waals surface area contributed by atoms with E-state index in [0.29, 0.717) is 18.1 Å². The van der Waals surface area contributed by atoms with Crippen LogP contribution in [0.5, 0.6) is 0 Å². The second-order valence-electron chi connectivity index (χ2n) is 4.77. The molecule has 1 atom stereocenters. The molecule has 1 saturated heterocycles. The Morgan fingerprint density at radius 2 is 2.30 bits per heavy atom. The lowest BCUT2D eigenvalue weighted by molar-refractivity contribution is -0.129. The third kappa shape index (κ3) is 3.69. The molecule has 0 bridgehead atoms. The Labute approximate surface area is 122 Å². The van der Waals surface area contributed by atoms with Gasteiger partial charge >= 0.3 is 6.03 Å². The number of likely N-dealkylation sites (tertiary alicyclic amines) is 1. The van der Waals surface area contributed by atoms with Crippen LogP contribution in [0.1, 0.15) is 32.4 Å². The van der Waals surface area contributed by atoms with Gasteiger partial charge in [0.15, 0.2) is 5.13 Å². The number of nitrogens with one attached hydrogen (secondary N) is 2. The van der Waals surface area contributed by atoms with Crippen LogP contribution in [0.15, 0.2) is 5.38 Å². The number of hydrogen-bond donors (Lipinski definition) is 2. The average molecular weight is 296 g/mol. The van der Waals surface area contributed by atoms with E-state index < -0.39 is 0 Å². The van der Waals surface area contributed by atoms with E-state index in [4.69, 9.17) is 0 Å². The Balaban J connectivity index is 1.79. The lowest BCUT2D eigenvalue weighted by Gasteiger charge is -2.16. The molecule has 0 saturated carbocycles. The lowest BCUT2D eigenvalue weighted by Crippen LogP contribution is -2.40. The summed E-state index contributed by atoms with van der Waals surface area (Å²) in [7, 11) is 0. The zero-order valence-electron chi connectivity index (χ0n) is 11.8. The summed E-state index contributed by atoms with van der Waals surface area (Å²) in [6.45, 7) is 5.19. The molecule has 2 N–H and O–H groups in total. The van der Waals surface area contributed by atoms with Crippen molar-refractivity contribution in [2.75, 3.05) is 18.4 Å². The molecule has 2 rings (SSSR count). The number of aromatic nitrogens is 1. The first-order chi connectivity index (χ1) is 9.62. The smallest absolute Gasteiger partial charge is 0.321 e. The number of anilines is 1. The maximum absolute atomic E-state index is 11.9. The van der Waals surface area contributed by atoms with Crippen molar-refractivity contribution >= 4 is 28.4 Å². The van der Waals surface area contributed by atoms with E-state index in [1.54, 1.807) is 4.90 Å². The minimum atomic E-state index is -0.252. The van der Waals surface area contributed by atoms with Crippen molar-refractivity contribution in [1.82, 2.24) is 15.2 Å². The van der Waals surface area contributed by atoms with Crippen LogP contribution in [0, 0.1) is 0 Å². The first-order valence-corrected chi connectivity index (χ1v) is 7.80. The van der Waals surface area contributed by atoms with Crippen LogP contribution < -0.4 is 10.6 Å². The SMILES string of the molecule is CCC(=O)N1CC[C@@H](NC(=O)Nc2nc(CC)cs2)C1. The van der Waals surface area contributed by atoms with Gasteiger partial charge in [0.25, 0.3) is 0 Å². The third-order valence-electron chi connectivity index (χ3n) is 3.31. The molecule has 7 heteroatoms. The fourth-order valence-electron chi connectivity index (χ4n) is 2.17. The van der Waals surface area contributed by atoms with Gasteiger partial charge in [-0.3, -0.25) is 10.1 Å². The number of rotatable bonds is 4. The molecule has 1 fully saturated rings. The largest absolute Gasteiger partial charge is 0.341 e. The second-order valence-corrected chi connectivity index (χ2v) is 5.63. The first kappa shape index (κ1) is 14.8. The lowest BCUT2D eigenvalue weighted by atomic mass is 10.3. The van der Waals surface area contributed by atoms with Crippen molar-refractivity contribution in [2.45, 2.75) is 39.2 Å². The predicted octanol–water partition coefficient (Wildman–Crippen LogP) is 1.84. The molecular weight excluding hydrogens is 276 g/mol. The topological polar surface area (TPSA) is 74.3 Å². The summed E-state index contributed by atoms with van der Waals surface area (Å²) in [5.41, 5.74) is 0.978. The molecule has 0 unspecified atom stereocenters. The molecule has 1 aromatic heterocycles. The number of hydrogen-bond acceptors (Lipinski definition) is 4. The van der Waals surface area contributed by atoms with Gasteiger partial charge in [-0.25, -0.2) is 9.78 Å². The van der Waals surface area contributed by atoms with Crippen molar-refractivity contribution < 1.29 is 9.59 Å². The van der Waals surface area contributed by atoms with Crippen LogP contribution in [0.3, 0.4) is 0 Å². The van der Waals surface area contributed by atoms with Crippen LogP contribution in [0.25, 0.3) is 0 Å². The van der Waals surface area contributed by atoms with Gasteiger partial charge in [0, 0.05) is 30.9 Å². The molecule has 0 aromatic carbocycles. The van der Waals surface area contributed by atoms with E-state index in [1.807, 2.05) is 19.2 Å². The van der Waals surface area contributed by atoms with Crippen molar-refractivity contribution in [2.24, 2.45) is 0 Å². The predicted molar refractivity (Wildman–Crippen MR) is 78.9 cm³/mol. The Morgan fingerprint density at radius 3 is 2.95 bits per heavy atom. The Hall–Kier alpha value is -1.63. The summed E-state index contributed by atoms with van der Waals surface area (Å²) in [4.78, 5) is 29.5. The number of carbonyl (C=O) groups excluding carboxylic acids is 2. The minimum absolute atomic E-state index is 0.0242. The summed E-state index contributed by atoms with van der Waals surface area (Å²) < 4.78 is 0. The Morgan fingerprint density at radius 1 is 1.50 bits per heavy atom. The summed E-state index contributed by atoms with van der Waals surface area (Å²) in [5, 5.41) is 8.17. The van der Waals surface area contributed by atoms with Gasteiger partial charge in [-0.2, -0.15) is 0 Å². The van der Waals surface area contributed by atoms with Crippen molar-refractivity contribution in [3.8, 4) is 0 Å². The van der Waals surface area contributed by atoms with Gasteiger partial charge in [0.1, 0.15) is 0 Å². The van der Waals surface area contributed by atoms with Gasteiger partial charge < -0.3 is 10.2 Å². The zero-order chi connectivity index (χ0) is 14.5. The van der Waals surface area contributed by atoms with E-state index in [-0.39, 0.29) is 18.0 Å².